The molecule has 0 aliphatic carbocycles. The van der Waals surface area contributed by atoms with Crippen LogP contribution in [-0.2, 0) is 10.1 Å². The zero-order valence-electron chi connectivity index (χ0n) is 3.72. The van der Waals surface area contributed by atoms with Gasteiger partial charge < -0.3 is 4.55 Å². The Hall–Kier alpha value is 0.910. The Morgan fingerprint density at radius 1 is 1.50 bits per heavy atom. The number of hydrogen-bond donors (Lipinski definition) is 0. The molecule has 0 aromatic rings. The van der Waals surface area contributed by atoms with E-state index in [0.717, 1.165) is 6.26 Å². The summed E-state index contributed by atoms with van der Waals surface area (Å²) < 4.78 is 24.5. The Labute approximate surface area is 58.8 Å². The maximum absolute atomic E-state index is 9.30. The summed E-state index contributed by atoms with van der Waals surface area (Å²) in [6, 6.07) is 0. The van der Waals surface area contributed by atoms with E-state index in [1.165, 1.54) is 0 Å². The largest absolute Gasteiger partial charge is 1.00 e. The van der Waals surface area contributed by atoms with Gasteiger partial charge in [0.1, 0.15) is 6.26 Å². The van der Waals surface area contributed by atoms with Gasteiger partial charge in [-0.2, -0.15) is 8.42 Å². The van der Waals surface area contributed by atoms with E-state index in [2.05, 4.69) is 0 Å². The van der Waals surface area contributed by atoms with E-state index in [4.69, 9.17) is 4.55 Å². The monoisotopic (exact) mass is 120 g/mol. The van der Waals surface area contributed by atoms with Gasteiger partial charge in [-0.3, -0.25) is 0 Å². The van der Waals surface area contributed by atoms with Gasteiger partial charge in [0.2, 0.25) is 0 Å². The van der Waals surface area contributed by atoms with E-state index in [9.17, 15) is 8.42 Å². The van der Waals surface area contributed by atoms with Crippen LogP contribution in [0.4, 0.5) is 0 Å². The molecule has 0 aromatic carbocycles. The fourth-order valence-corrected chi connectivity index (χ4v) is 0. The zero-order chi connectivity index (χ0) is 4.50. The van der Waals surface area contributed by atoms with Crippen LogP contribution in [0.25, 0.3) is 0 Å². The van der Waals surface area contributed by atoms with Crippen LogP contribution in [0.3, 0.4) is 0 Å². The van der Waals surface area contributed by atoms with Crippen molar-refractivity contribution in [2.24, 2.45) is 0 Å². The minimum atomic E-state index is -3.42. The molecule has 0 heterocycles. The van der Waals surface area contributed by atoms with E-state index in [1.807, 2.05) is 0 Å². The molecule has 0 aliphatic rings. The molecule has 5 heteroatoms. The van der Waals surface area contributed by atoms with Crippen molar-refractivity contribution < 1.29 is 42.5 Å². The summed E-state index contributed by atoms with van der Waals surface area (Å²) in [7, 11) is -3.42. The summed E-state index contributed by atoms with van der Waals surface area (Å²) in [4.78, 5) is 0. The maximum Gasteiger partial charge on any atom is 1.00 e. The average Bonchev–Trinajstić information content (AvgIpc) is 0.722. The molecule has 0 aliphatic heterocycles. The van der Waals surface area contributed by atoms with Crippen LogP contribution >= 0.6 is 0 Å². The molecule has 0 saturated heterocycles. The van der Waals surface area contributed by atoms with Gasteiger partial charge in [0.15, 0.2) is 0 Å². The Morgan fingerprint density at radius 3 is 1.50 bits per heavy atom. The Morgan fingerprint density at radius 2 is 1.50 bits per heavy atom. The van der Waals surface area contributed by atoms with Crippen LogP contribution in [0.2, 0.25) is 0 Å². The van der Waals surface area contributed by atoms with Gasteiger partial charge in [0.25, 0.3) is 0 Å². The molecule has 0 fully saturated rings. The Balaban J connectivity index is 0. The first kappa shape index (κ1) is 10.0. The fourth-order valence-electron chi connectivity index (χ4n) is 0. The molecule has 0 radical (unpaired) electrons. The quantitative estimate of drug-likeness (QED) is 0.240. The smallest absolute Gasteiger partial charge is 0.333 e. The summed E-state index contributed by atoms with van der Waals surface area (Å²) in [6.07, 6.45) is 0.826. The second kappa shape index (κ2) is 2.98. The molecule has 2 N–H and O–H groups in total. The molecule has 3 nitrogen and oxygen atoms in total. The number of rotatable bonds is 0. The Bertz CT molecular complexity index is 94.0. The summed E-state index contributed by atoms with van der Waals surface area (Å²) in [5.74, 6) is 0. The van der Waals surface area contributed by atoms with E-state index in [1.54, 1.807) is 0 Å². The maximum atomic E-state index is 9.30. The summed E-state index contributed by atoms with van der Waals surface area (Å²) in [5.41, 5.74) is 0. The molecular formula is CH5NaO3S+2. The summed E-state index contributed by atoms with van der Waals surface area (Å²) in [6.45, 7) is 0. The standard InChI is InChI=1S/CH4O3S.Na/c1-5(2,3)4;/h1H3,(H,2,3,4);/q;+1/p+1. The van der Waals surface area contributed by atoms with Crippen LogP contribution in [0.5, 0.6) is 0 Å². The molecule has 0 unspecified atom stereocenters. The molecule has 0 amide bonds. The Kier molecular flexibility index (Phi) is 4.98. The van der Waals surface area contributed by atoms with Crippen molar-refractivity contribution >= 4 is 10.1 Å². The molecule has 32 valence electrons. The summed E-state index contributed by atoms with van der Waals surface area (Å²) in [5, 5.41) is 0. The predicted molar refractivity (Wildman–Crippen MR) is 18.5 cm³/mol. The third kappa shape index (κ3) is 90.6. The average molecular weight is 120 g/mol. The van der Waals surface area contributed by atoms with E-state index < -0.39 is 10.1 Å². The minimum absolute atomic E-state index is 0. The van der Waals surface area contributed by atoms with Crippen LogP contribution in [0.15, 0.2) is 0 Å². The molecule has 0 saturated carbocycles. The van der Waals surface area contributed by atoms with Gasteiger partial charge in [-0.05, 0) is 0 Å². The van der Waals surface area contributed by atoms with Crippen LogP contribution < -0.4 is 29.6 Å². The predicted octanol–water partition coefficient (Wildman–Crippen LogP) is -4.33. The van der Waals surface area contributed by atoms with E-state index in [0.29, 0.717) is 0 Å². The van der Waals surface area contributed by atoms with Crippen LogP contribution in [0, 0.1) is 0 Å². The molecule has 0 atom stereocenters. The van der Waals surface area contributed by atoms with Gasteiger partial charge in [-0.25, -0.2) is 0 Å². The van der Waals surface area contributed by atoms with E-state index >= 15 is 0 Å². The van der Waals surface area contributed by atoms with Crippen molar-refractivity contribution in [2.45, 2.75) is 0 Å². The van der Waals surface area contributed by atoms with Crippen molar-refractivity contribution in [3.05, 3.63) is 0 Å². The van der Waals surface area contributed by atoms with Crippen molar-refractivity contribution in [3.8, 4) is 0 Å². The van der Waals surface area contributed by atoms with Gasteiger partial charge in [0, 0.05) is 0 Å². The molecule has 0 spiro atoms. The molecule has 6 heavy (non-hydrogen) atoms. The second-order valence-electron chi connectivity index (χ2n) is 0.772. The fraction of sp³-hybridized carbons (Fsp3) is 1.00. The van der Waals surface area contributed by atoms with E-state index in [-0.39, 0.29) is 29.6 Å². The molecule has 0 bridgehead atoms. The summed E-state index contributed by atoms with van der Waals surface area (Å²) >= 11 is 0. The third-order valence-corrected chi connectivity index (χ3v) is 0. The van der Waals surface area contributed by atoms with Gasteiger partial charge in [-0.15, -0.1) is 0 Å². The normalized spacial score (nSPS) is 9.67. The SMILES string of the molecule is CS(=O)(=O)[OH2+].[Na+]. The zero-order valence-corrected chi connectivity index (χ0v) is 6.54. The minimum Gasteiger partial charge on any atom is -0.333 e. The first-order valence-corrected chi connectivity index (χ1v) is 2.84. The third-order valence-electron chi connectivity index (χ3n) is 0. The van der Waals surface area contributed by atoms with Gasteiger partial charge in [0.05, 0.1) is 0 Å². The van der Waals surface area contributed by atoms with Crippen LogP contribution in [-0.4, -0.2) is 19.2 Å². The molecule has 0 rings (SSSR count). The second-order valence-corrected chi connectivity index (χ2v) is 2.32. The molecule has 0 aromatic heterocycles. The van der Waals surface area contributed by atoms with Crippen molar-refractivity contribution in [3.63, 3.8) is 0 Å². The van der Waals surface area contributed by atoms with Gasteiger partial charge in [-0.1, -0.05) is 0 Å². The first-order chi connectivity index (χ1) is 2.00. The molecular weight excluding hydrogens is 115 g/mol. The topological polar surface area (TPSA) is 57.0 Å². The van der Waals surface area contributed by atoms with Crippen LogP contribution in [0.1, 0.15) is 0 Å². The van der Waals surface area contributed by atoms with Crippen molar-refractivity contribution in [2.75, 3.05) is 6.26 Å². The number of hydrogen-bond acceptors (Lipinski definition) is 2. The van der Waals surface area contributed by atoms with Gasteiger partial charge >= 0.3 is 39.7 Å². The first-order valence-electron chi connectivity index (χ1n) is 0.946. The van der Waals surface area contributed by atoms with Crippen molar-refractivity contribution in [1.29, 1.82) is 0 Å². The van der Waals surface area contributed by atoms with Crippen molar-refractivity contribution in [1.82, 2.24) is 0 Å².